The first-order valence-corrected chi connectivity index (χ1v) is 7.05. The van der Waals surface area contributed by atoms with Crippen molar-refractivity contribution in [2.75, 3.05) is 31.5 Å². The van der Waals surface area contributed by atoms with E-state index in [-0.39, 0.29) is 10.8 Å². The summed E-state index contributed by atoms with van der Waals surface area (Å²) in [4.78, 5) is 2.49. The fraction of sp³-hybridized carbons (Fsp3) is 0.571. The molecule has 4 heteroatoms. The summed E-state index contributed by atoms with van der Waals surface area (Å²) in [6.45, 7) is 4.31. The quantitative estimate of drug-likeness (QED) is 0.896. The summed E-state index contributed by atoms with van der Waals surface area (Å²) in [6.07, 6.45) is 5.33. The van der Waals surface area contributed by atoms with Crippen molar-refractivity contribution >= 4 is 17.3 Å². The van der Waals surface area contributed by atoms with Crippen LogP contribution in [0, 0.1) is 5.82 Å². The summed E-state index contributed by atoms with van der Waals surface area (Å²) in [5.74, 6) is -0.366. The van der Waals surface area contributed by atoms with Gasteiger partial charge in [0, 0.05) is 18.8 Å². The number of likely N-dealkylation sites (tertiary alicyclic amines) is 1. The predicted octanol–water partition coefficient (Wildman–Crippen LogP) is 3.77. The number of benzene rings is 1. The molecular weight excluding hydrogens is 251 g/mol. The molecule has 1 aromatic carbocycles. The zero-order chi connectivity index (χ0) is 12.8. The van der Waals surface area contributed by atoms with Gasteiger partial charge in [-0.25, -0.2) is 4.39 Å². The monoisotopic (exact) mass is 270 g/mol. The summed E-state index contributed by atoms with van der Waals surface area (Å²) < 4.78 is 13.0. The molecule has 1 aliphatic rings. The van der Waals surface area contributed by atoms with Crippen LogP contribution in [0.25, 0.3) is 0 Å². The highest BCUT2D eigenvalue weighted by atomic mass is 35.5. The van der Waals surface area contributed by atoms with Crippen LogP contribution in [0.4, 0.5) is 10.1 Å². The first-order valence-electron chi connectivity index (χ1n) is 6.67. The Hall–Kier alpha value is -0.800. The Morgan fingerprint density at radius 1 is 1.17 bits per heavy atom. The van der Waals surface area contributed by atoms with Crippen LogP contribution in [0.1, 0.15) is 25.7 Å². The van der Waals surface area contributed by atoms with E-state index in [0.717, 1.165) is 18.8 Å². The number of rotatable bonds is 4. The van der Waals surface area contributed by atoms with Gasteiger partial charge in [-0.3, -0.25) is 0 Å². The van der Waals surface area contributed by atoms with Crippen molar-refractivity contribution in [2.24, 2.45) is 0 Å². The minimum atomic E-state index is -0.366. The first kappa shape index (κ1) is 13.6. The lowest BCUT2D eigenvalue weighted by atomic mass is 10.2. The predicted molar refractivity (Wildman–Crippen MR) is 74.8 cm³/mol. The minimum Gasteiger partial charge on any atom is -0.384 e. The van der Waals surface area contributed by atoms with Crippen molar-refractivity contribution in [1.29, 1.82) is 0 Å². The fourth-order valence-corrected chi connectivity index (χ4v) is 2.50. The molecule has 2 nitrogen and oxygen atoms in total. The van der Waals surface area contributed by atoms with Gasteiger partial charge in [0.25, 0.3) is 0 Å². The molecule has 1 heterocycles. The van der Waals surface area contributed by atoms with Gasteiger partial charge >= 0.3 is 0 Å². The van der Waals surface area contributed by atoms with E-state index in [2.05, 4.69) is 10.2 Å². The van der Waals surface area contributed by atoms with E-state index in [1.807, 2.05) is 0 Å². The normalized spacial score (nSPS) is 17.4. The Kier molecular flexibility index (Phi) is 5.26. The van der Waals surface area contributed by atoms with Crippen LogP contribution in [0.3, 0.4) is 0 Å². The molecule has 1 saturated heterocycles. The van der Waals surface area contributed by atoms with Crippen molar-refractivity contribution in [3.63, 3.8) is 0 Å². The molecule has 0 bridgehead atoms. The smallest absolute Gasteiger partial charge is 0.141 e. The molecule has 0 saturated carbocycles. The molecule has 0 amide bonds. The van der Waals surface area contributed by atoms with Crippen LogP contribution < -0.4 is 5.32 Å². The number of anilines is 1. The van der Waals surface area contributed by atoms with Gasteiger partial charge in [0.15, 0.2) is 0 Å². The first-order chi connectivity index (χ1) is 8.75. The molecule has 1 N–H and O–H groups in total. The second kappa shape index (κ2) is 6.95. The molecular formula is C14H20ClFN2. The standard InChI is InChI=1S/C14H20ClFN2/c15-13-11-12(5-6-14(13)16)17-7-10-18-8-3-1-2-4-9-18/h5-6,11,17H,1-4,7-10H2. The Morgan fingerprint density at radius 3 is 2.56 bits per heavy atom. The van der Waals surface area contributed by atoms with Crippen LogP contribution in [-0.2, 0) is 0 Å². The van der Waals surface area contributed by atoms with Crippen molar-refractivity contribution in [2.45, 2.75) is 25.7 Å². The molecule has 100 valence electrons. The molecule has 1 fully saturated rings. The zero-order valence-electron chi connectivity index (χ0n) is 10.6. The third-order valence-corrected chi connectivity index (χ3v) is 3.67. The van der Waals surface area contributed by atoms with E-state index in [1.54, 1.807) is 12.1 Å². The molecule has 0 unspecified atom stereocenters. The lowest BCUT2D eigenvalue weighted by molar-refractivity contribution is 0.296. The van der Waals surface area contributed by atoms with Crippen molar-refractivity contribution in [1.82, 2.24) is 4.90 Å². The molecule has 2 rings (SSSR count). The van der Waals surface area contributed by atoms with Gasteiger partial charge in [-0.2, -0.15) is 0 Å². The minimum absolute atomic E-state index is 0.176. The van der Waals surface area contributed by atoms with Gasteiger partial charge in [0.2, 0.25) is 0 Å². The molecule has 0 spiro atoms. The van der Waals surface area contributed by atoms with Crippen LogP contribution >= 0.6 is 11.6 Å². The summed E-state index contributed by atoms with van der Waals surface area (Å²) in [7, 11) is 0. The van der Waals surface area contributed by atoms with Gasteiger partial charge in [0.05, 0.1) is 5.02 Å². The lowest BCUT2D eigenvalue weighted by Gasteiger charge is -2.20. The molecule has 1 aliphatic heterocycles. The summed E-state index contributed by atoms with van der Waals surface area (Å²) in [6, 6.07) is 4.76. The molecule has 0 radical (unpaired) electrons. The SMILES string of the molecule is Fc1ccc(NCCN2CCCCCC2)cc1Cl. The van der Waals surface area contributed by atoms with E-state index in [4.69, 9.17) is 11.6 Å². The van der Waals surface area contributed by atoms with E-state index >= 15 is 0 Å². The Morgan fingerprint density at radius 2 is 1.89 bits per heavy atom. The van der Waals surface area contributed by atoms with Crippen molar-refractivity contribution < 1.29 is 4.39 Å². The number of hydrogen-bond donors (Lipinski definition) is 1. The molecule has 1 aromatic rings. The number of halogens is 2. The average Bonchev–Trinajstić information content (AvgIpc) is 2.62. The fourth-order valence-electron chi connectivity index (χ4n) is 2.32. The van der Waals surface area contributed by atoms with E-state index in [9.17, 15) is 4.39 Å². The highest BCUT2D eigenvalue weighted by molar-refractivity contribution is 6.31. The van der Waals surface area contributed by atoms with Gasteiger partial charge in [0.1, 0.15) is 5.82 Å². The van der Waals surface area contributed by atoms with E-state index in [0.29, 0.717) is 0 Å². The maximum Gasteiger partial charge on any atom is 0.141 e. The second-order valence-electron chi connectivity index (χ2n) is 4.81. The van der Waals surface area contributed by atoms with Crippen molar-refractivity contribution in [3.05, 3.63) is 29.0 Å². The van der Waals surface area contributed by atoms with Crippen LogP contribution in [0.15, 0.2) is 18.2 Å². The summed E-state index contributed by atoms with van der Waals surface area (Å²) in [5.41, 5.74) is 0.885. The van der Waals surface area contributed by atoms with E-state index < -0.39 is 0 Å². The Labute approximate surface area is 113 Å². The van der Waals surface area contributed by atoms with Crippen LogP contribution in [0.2, 0.25) is 5.02 Å². The third-order valence-electron chi connectivity index (χ3n) is 3.38. The Bertz CT molecular complexity index is 376. The number of nitrogens with zero attached hydrogens (tertiary/aromatic N) is 1. The summed E-state index contributed by atoms with van der Waals surface area (Å²) in [5, 5.41) is 3.46. The topological polar surface area (TPSA) is 15.3 Å². The average molecular weight is 271 g/mol. The molecule has 18 heavy (non-hydrogen) atoms. The third kappa shape index (κ3) is 4.14. The molecule has 0 aromatic heterocycles. The van der Waals surface area contributed by atoms with Gasteiger partial charge in [-0.15, -0.1) is 0 Å². The van der Waals surface area contributed by atoms with Crippen LogP contribution in [-0.4, -0.2) is 31.1 Å². The van der Waals surface area contributed by atoms with Crippen molar-refractivity contribution in [3.8, 4) is 0 Å². The highest BCUT2D eigenvalue weighted by Gasteiger charge is 2.08. The maximum atomic E-state index is 13.0. The summed E-state index contributed by atoms with van der Waals surface area (Å²) >= 11 is 5.74. The largest absolute Gasteiger partial charge is 0.384 e. The van der Waals surface area contributed by atoms with E-state index in [1.165, 1.54) is 44.8 Å². The van der Waals surface area contributed by atoms with Gasteiger partial charge in [-0.05, 0) is 44.1 Å². The zero-order valence-corrected chi connectivity index (χ0v) is 11.3. The maximum absolute atomic E-state index is 13.0. The van der Waals surface area contributed by atoms with Gasteiger partial charge < -0.3 is 10.2 Å². The lowest BCUT2D eigenvalue weighted by Crippen LogP contribution is -2.29. The second-order valence-corrected chi connectivity index (χ2v) is 5.22. The van der Waals surface area contributed by atoms with Crippen LogP contribution in [0.5, 0.6) is 0 Å². The molecule has 0 aliphatic carbocycles. The number of nitrogens with one attached hydrogen (secondary N) is 1. The molecule has 0 atom stereocenters. The highest BCUT2D eigenvalue weighted by Crippen LogP contribution is 2.19. The van der Waals surface area contributed by atoms with Gasteiger partial charge in [-0.1, -0.05) is 24.4 Å². The number of hydrogen-bond acceptors (Lipinski definition) is 2. The Balaban J connectivity index is 1.75.